The summed E-state index contributed by atoms with van der Waals surface area (Å²) in [5, 5.41) is 3.45. The molecule has 0 amide bonds. The molecule has 0 atom stereocenters. The Morgan fingerprint density at radius 1 is 1.37 bits per heavy atom. The molecule has 0 spiro atoms. The summed E-state index contributed by atoms with van der Waals surface area (Å²) >= 11 is 0. The van der Waals surface area contributed by atoms with E-state index < -0.39 is 0 Å². The fourth-order valence-electron chi connectivity index (χ4n) is 2.45. The summed E-state index contributed by atoms with van der Waals surface area (Å²) in [5.74, 6) is 1.05. The van der Waals surface area contributed by atoms with E-state index in [1.165, 1.54) is 11.1 Å². The molecule has 0 saturated carbocycles. The molecule has 19 heavy (non-hydrogen) atoms. The Bertz CT molecular complexity index is 415. The van der Waals surface area contributed by atoms with Crippen LogP contribution in [0.4, 0.5) is 0 Å². The molecule has 0 bridgehead atoms. The van der Waals surface area contributed by atoms with Gasteiger partial charge in [0.05, 0.1) is 0 Å². The third-order valence-electron chi connectivity index (χ3n) is 3.30. The Morgan fingerprint density at radius 2 is 2.21 bits per heavy atom. The SMILES string of the molecule is CCOCCCNCc1ccc2c(c1)CC(C)(C)O2. The monoisotopic (exact) mass is 263 g/mol. The molecular weight excluding hydrogens is 238 g/mol. The molecule has 1 aromatic carbocycles. The minimum absolute atomic E-state index is 0.0497. The van der Waals surface area contributed by atoms with Gasteiger partial charge in [-0.2, -0.15) is 0 Å². The van der Waals surface area contributed by atoms with Gasteiger partial charge in [-0.3, -0.25) is 0 Å². The van der Waals surface area contributed by atoms with Gasteiger partial charge < -0.3 is 14.8 Å². The van der Waals surface area contributed by atoms with Crippen LogP contribution in [0.2, 0.25) is 0 Å². The first-order valence-electron chi connectivity index (χ1n) is 7.20. The van der Waals surface area contributed by atoms with Gasteiger partial charge in [0.2, 0.25) is 0 Å². The maximum absolute atomic E-state index is 5.88. The Labute approximate surface area is 116 Å². The quantitative estimate of drug-likeness (QED) is 0.767. The number of rotatable bonds is 7. The molecule has 0 aliphatic carbocycles. The van der Waals surface area contributed by atoms with Crippen molar-refractivity contribution in [3.63, 3.8) is 0 Å². The molecular formula is C16H25NO2. The van der Waals surface area contributed by atoms with E-state index in [9.17, 15) is 0 Å². The lowest BCUT2D eigenvalue weighted by Crippen LogP contribution is -2.24. The maximum Gasteiger partial charge on any atom is 0.123 e. The van der Waals surface area contributed by atoms with Gasteiger partial charge in [0.1, 0.15) is 11.4 Å². The second kappa shape index (κ2) is 6.40. The first-order chi connectivity index (χ1) is 9.11. The van der Waals surface area contributed by atoms with Crippen LogP contribution < -0.4 is 10.1 Å². The molecule has 3 nitrogen and oxygen atoms in total. The average Bonchev–Trinajstić information content (AvgIpc) is 2.66. The first-order valence-corrected chi connectivity index (χ1v) is 7.20. The van der Waals surface area contributed by atoms with Gasteiger partial charge in [0.15, 0.2) is 0 Å². The molecule has 3 heteroatoms. The molecule has 0 radical (unpaired) electrons. The highest BCUT2D eigenvalue weighted by molar-refractivity contribution is 5.41. The van der Waals surface area contributed by atoms with Crippen molar-refractivity contribution < 1.29 is 9.47 Å². The molecule has 106 valence electrons. The van der Waals surface area contributed by atoms with Gasteiger partial charge in [-0.25, -0.2) is 0 Å². The molecule has 0 saturated heterocycles. The standard InChI is InChI=1S/C16H25NO2/c1-4-18-9-5-8-17-12-13-6-7-15-14(10-13)11-16(2,3)19-15/h6-7,10,17H,4-5,8-9,11-12H2,1-3H3. The second-order valence-electron chi connectivity index (χ2n) is 5.71. The molecule has 1 aromatic rings. The minimum Gasteiger partial charge on any atom is -0.487 e. The lowest BCUT2D eigenvalue weighted by Gasteiger charge is -2.16. The molecule has 1 heterocycles. The summed E-state index contributed by atoms with van der Waals surface area (Å²) in [7, 11) is 0. The summed E-state index contributed by atoms with van der Waals surface area (Å²) in [6.07, 6.45) is 2.06. The lowest BCUT2D eigenvalue weighted by molar-refractivity contribution is 0.138. The summed E-state index contributed by atoms with van der Waals surface area (Å²) in [4.78, 5) is 0. The molecule has 1 aliphatic heterocycles. The van der Waals surface area contributed by atoms with E-state index in [2.05, 4.69) is 37.4 Å². The third kappa shape index (κ3) is 4.22. The molecule has 0 aromatic heterocycles. The van der Waals surface area contributed by atoms with E-state index in [1.54, 1.807) is 0 Å². The minimum atomic E-state index is -0.0497. The summed E-state index contributed by atoms with van der Waals surface area (Å²) in [6, 6.07) is 6.51. The van der Waals surface area contributed by atoms with Gasteiger partial charge in [-0.1, -0.05) is 12.1 Å². The van der Waals surface area contributed by atoms with Gasteiger partial charge in [-0.15, -0.1) is 0 Å². The van der Waals surface area contributed by atoms with E-state index in [0.29, 0.717) is 0 Å². The Hall–Kier alpha value is -1.06. The van der Waals surface area contributed by atoms with Crippen molar-refractivity contribution in [3.05, 3.63) is 29.3 Å². The van der Waals surface area contributed by atoms with Gasteiger partial charge >= 0.3 is 0 Å². The lowest BCUT2D eigenvalue weighted by atomic mass is 10.0. The van der Waals surface area contributed by atoms with E-state index in [0.717, 1.165) is 44.9 Å². The highest BCUT2D eigenvalue weighted by atomic mass is 16.5. The van der Waals surface area contributed by atoms with Crippen LogP contribution in [0.5, 0.6) is 5.75 Å². The van der Waals surface area contributed by atoms with Crippen LogP contribution >= 0.6 is 0 Å². The number of hydrogen-bond acceptors (Lipinski definition) is 3. The fourth-order valence-corrected chi connectivity index (χ4v) is 2.45. The van der Waals surface area contributed by atoms with E-state index >= 15 is 0 Å². The maximum atomic E-state index is 5.88. The van der Waals surface area contributed by atoms with Crippen LogP contribution in [0.25, 0.3) is 0 Å². The number of benzene rings is 1. The summed E-state index contributed by atoms with van der Waals surface area (Å²) < 4.78 is 11.2. The van der Waals surface area contributed by atoms with Crippen LogP contribution in [-0.4, -0.2) is 25.4 Å². The van der Waals surface area contributed by atoms with Crippen LogP contribution in [0, 0.1) is 0 Å². The van der Waals surface area contributed by atoms with Crippen LogP contribution in [0.1, 0.15) is 38.3 Å². The van der Waals surface area contributed by atoms with Crippen LogP contribution in [-0.2, 0) is 17.7 Å². The molecule has 2 rings (SSSR count). The normalized spacial score (nSPS) is 16.2. The molecule has 1 aliphatic rings. The van der Waals surface area contributed by atoms with Crippen molar-refractivity contribution in [2.45, 2.75) is 45.8 Å². The van der Waals surface area contributed by atoms with Crippen molar-refractivity contribution in [1.29, 1.82) is 0 Å². The average molecular weight is 263 g/mol. The van der Waals surface area contributed by atoms with E-state index in [-0.39, 0.29) is 5.60 Å². The Kier molecular flexibility index (Phi) is 4.83. The van der Waals surface area contributed by atoms with Gasteiger partial charge in [0, 0.05) is 26.2 Å². The van der Waals surface area contributed by atoms with Crippen molar-refractivity contribution in [2.75, 3.05) is 19.8 Å². The second-order valence-corrected chi connectivity index (χ2v) is 5.71. The first kappa shape index (κ1) is 14.4. The largest absolute Gasteiger partial charge is 0.487 e. The predicted octanol–water partition coefficient (Wildman–Crippen LogP) is 2.92. The molecule has 1 N–H and O–H groups in total. The number of fused-ring (bicyclic) bond motifs is 1. The zero-order valence-electron chi connectivity index (χ0n) is 12.3. The summed E-state index contributed by atoms with van der Waals surface area (Å²) in [6.45, 7) is 9.87. The van der Waals surface area contributed by atoms with Crippen molar-refractivity contribution >= 4 is 0 Å². The van der Waals surface area contributed by atoms with Crippen molar-refractivity contribution in [1.82, 2.24) is 5.32 Å². The van der Waals surface area contributed by atoms with Gasteiger partial charge in [0.25, 0.3) is 0 Å². The van der Waals surface area contributed by atoms with Crippen LogP contribution in [0.3, 0.4) is 0 Å². The van der Waals surface area contributed by atoms with Crippen molar-refractivity contribution in [3.8, 4) is 5.75 Å². The predicted molar refractivity (Wildman–Crippen MR) is 77.7 cm³/mol. The number of hydrogen-bond donors (Lipinski definition) is 1. The Balaban J connectivity index is 1.77. The number of nitrogens with one attached hydrogen (secondary N) is 1. The highest BCUT2D eigenvalue weighted by Gasteiger charge is 2.29. The Morgan fingerprint density at radius 3 is 3.00 bits per heavy atom. The highest BCUT2D eigenvalue weighted by Crippen LogP contribution is 2.35. The van der Waals surface area contributed by atoms with E-state index in [1.807, 2.05) is 6.92 Å². The van der Waals surface area contributed by atoms with Crippen LogP contribution in [0.15, 0.2) is 18.2 Å². The van der Waals surface area contributed by atoms with Crippen molar-refractivity contribution in [2.24, 2.45) is 0 Å². The topological polar surface area (TPSA) is 30.5 Å². The zero-order chi connectivity index (χ0) is 13.7. The summed E-state index contributed by atoms with van der Waals surface area (Å²) in [5.41, 5.74) is 2.61. The fraction of sp³-hybridized carbons (Fsp3) is 0.625. The number of ether oxygens (including phenoxy) is 2. The smallest absolute Gasteiger partial charge is 0.123 e. The third-order valence-corrected chi connectivity index (χ3v) is 3.30. The van der Waals surface area contributed by atoms with Gasteiger partial charge in [-0.05, 0) is 50.9 Å². The molecule has 0 unspecified atom stereocenters. The zero-order valence-corrected chi connectivity index (χ0v) is 12.3. The van der Waals surface area contributed by atoms with E-state index in [4.69, 9.17) is 9.47 Å². The molecule has 0 fully saturated rings.